The summed E-state index contributed by atoms with van der Waals surface area (Å²) in [4.78, 5) is 15.8. The molecule has 2 aromatic rings. The number of nitrogens with zero attached hydrogens (tertiary/aromatic N) is 1. The number of aromatic nitrogens is 1. The van der Waals surface area contributed by atoms with Gasteiger partial charge in [0.1, 0.15) is 0 Å². The van der Waals surface area contributed by atoms with Gasteiger partial charge in [-0.2, -0.15) is 0 Å². The molecule has 0 unspecified atom stereocenters. The molecule has 0 bridgehead atoms. The van der Waals surface area contributed by atoms with Crippen molar-refractivity contribution < 1.29 is 4.79 Å². The first-order chi connectivity index (χ1) is 7.29. The Bertz CT molecular complexity index is 445. The number of para-hydroxylation sites is 1. The van der Waals surface area contributed by atoms with Gasteiger partial charge in [-0.1, -0.05) is 0 Å². The number of anilines is 1. The molecule has 1 heterocycles. The molecule has 0 saturated heterocycles. The fourth-order valence-corrected chi connectivity index (χ4v) is 3.19. The summed E-state index contributed by atoms with van der Waals surface area (Å²) in [5, 5.41) is 2.87. The zero-order valence-electron chi connectivity index (χ0n) is 8.49. The Kier molecular flexibility index (Phi) is 3.19. The molecular weight excluding hydrogens is 255 g/mol. The molecule has 0 radical (unpaired) electrons. The Balaban J connectivity index is 2.18. The van der Waals surface area contributed by atoms with Crippen LogP contribution in [-0.2, 0) is 4.79 Å². The SMILES string of the molecule is CCCC(=O)Nc1nc2ccccc2[se]1. The number of rotatable bonds is 3. The maximum atomic E-state index is 11.4. The minimum atomic E-state index is 0.0749. The molecule has 0 aliphatic rings. The quantitative estimate of drug-likeness (QED) is 0.864. The fourth-order valence-electron chi connectivity index (χ4n) is 1.33. The van der Waals surface area contributed by atoms with Crippen molar-refractivity contribution in [1.29, 1.82) is 0 Å². The summed E-state index contributed by atoms with van der Waals surface area (Å²) in [5.74, 6) is 0.0749. The van der Waals surface area contributed by atoms with E-state index in [0.717, 1.165) is 16.6 Å². The van der Waals surface area contributed by atoms with Gasteiger partial charge >= 0.3 is 94.0 Å². The molecule has 0 saturated carbocycles. The summed E-state index contributed by atoms with van der Waals surface area (Å²) in [7, 11) is 0. The van der Waals surface area contributed by atoms with Gasteiger partial charge in [0, 0.05) is 0 Å². The summed E-state index contributed by atoms with van der Waals surface area (Å²) in [5.41, 5.74) is 1.00. The van der Waals surface area contributed by atoms with Gasteiger partial charge in [-0.25, -0.2) is 0 Å². The normalized spacial score (nSPS) is 10.5. The Morgan fingerprint density at radius 3 is 3.00 bits per heavy atom. The van der Waals surface area contributed by atoms with Crippen molar-refractivity contribution in [1.82, 2.24) is 4.98 Å². The first-order valence-electron chi connectivity index (χ1n) is 4.95. The topological polar surface area (TPSA) is 42.0 Å². The van der Waals surface area contributed by atoms with Crippen LogP contribution in [0.15, 0.2) is 24.3 Å². The second kappa shape index (κ2) is 4.60. The third-order valence-electron chi connectivity index (χ3n) is 2.02. The van der Waals surface area contributed by atoms with Crippen molar-refractivity contribution in [2.45, 2.75) is 19.8 Å². The summed E-state index contributed by atoms with van der Waals surface area (Å²) < 4.78 is 2.08. The van der Waals surface area contributed by atoms with Crippen LogP contribution >= 0.6 is 0 Å². The number of fused-ring (bicyclic) bond motifs is 1. The first kappa shape index (κ1) is 10.4. The van der Waals surface area contributed by atoms with E-state index in [9.17, 15) is 4.79 Å². The van der Waals surface area contributed by atoms with E-state index in [1.807, 2.05) is 25.1 Å². The Morgan fingerprint density at radius 1 is 1.47 bits per heavy atom. The first-order valence-corrected chi connectivity index (χ1v) is 6.66. The van der Waals surface area contributed by atoms with Crippen LogP contribution in [0.5, 0.6) is 0 Å². The van der Waals surface area contributed by atoms with E-state index in [1.165, 1.54) is 4.26 Å². The summed E-state index contributed by atoms with van der Waals surface area (Å²) in [6.45, 7) is 2.00. The van der Waals surface area contributed by atoms with Crippen LogP contribution in [0.3, 0.4) is 0 Å². The average molecular weight is 267 g/mol. The van der Waals surface area contributed by atoms with Gasteiger partial charge in [-0.05, 0) is 0 Å². The molecule has 15 heavy (non-hydrogen) atoms. The molecule has 0 aliphatic carbocycles. The predicted molar refractivity (Wildman–Crippen MR) is 62.2 cm³/mol. The molecule has 0 atom stereocenters. The van der Waals surface area contributed by atoms with Crippen molar-refractivity contribution in [3.8, 4) is 0 Å². The number of carbonyl (C=O) groups is 1. The standard InChI is InChI=1S/C11H12N2OSe/c1-2-5-10(14)13-11-12-8-6-3-4-7-9(8)15-11/h3-4,6-7H,2,5H2,1H3,(H,12,13,14). The average Bonchev–Trinajstić information content (AvgIpc) is 2.59. The molecule has 4 heteroatoms. The molecule has 3 nitrogen and oxygen atoms in total. The van der Waals surface area contributed by atoms with Gasteiger partial charge in [-0.3, -0.25) is 0 Å². The second-order valence-corrected chi connectivity index (χ2v) is 5.45. The fraction of sp³-hybridized carbons (Fsp3) is 0.273. The number of hydrogen-bond acceptors (Lipinski definition) is 2. The van der Waals surface area contributed by atoms with E-state index in [2.05, 4.69) is 16.4 Å². The molecule has 0 spiro atoms. The van der Waals surface area contributed by atoms with Crippen molar-refractivity contribution >= 4 is 34.9 Å². The van der Waals surface area contributed by atoms with Crippen LogP contribution in [-0.4, -0.2) is 25.4 Å². The molecule has 0 fully saturated rings. The van der Waals surface area contributed by atoms with E-state index in [4.69, 9.17) is 0 Å². The van der Waals surface area contributed by atoms with E-state index >= 15 is 0 Å². The predicted octanol–water partition coefficient (Wildman–Crippen LogP) is 2.03. The molecule has 78 valence electrons. The Hall–Kier alpha value is -1.12. The number of benzene rings is 1. The molecule has 1 N–H and O–H groups in total. The molecule has 1 aromatic carbocycles. The van der Waals surface area contributed by atoms with Crippen molar-refractivity contribution in [2.75, 3.05) is 5.32 Å². The Labute approximate surface area is 94.3 Å². The minimum absolute atomic E-state index is 0.0749. The number of carbonyl (C=O) groups excluding carboxylic acids is 1. The van der Waals surface area contributed by atoms with Crippen LogP contribution in [0.25, 0.3) is 9.78 Å². The van der Waals surface area contributed by atoms with Gasteiger partial charge in [0.2, 0.25) is 0 Å². The van der Waals surface area contributed by atoms with Crippen LogP contribution < -0.4 is 5.32 Å². The number of hydrogen-bond donors (Lipinski definition) is 1. The van der Waals surface area contributed by atoms with Crippen molar-refractivity contribution in [3.63, 3.8) is 0 Å². The molecule has 1 aromatic heterocycles. The number of nitrogens with one attached hydrogen (secondary N) is 1. The second-order valence-electron chi connectivity index (χ2n) is 3.28. The summed E-state index contributed by atoms with van der Waals surface area (Å²) >= 11 is 0.167. The molecule has 2 rings (SSSR count). The van der Waals surface area contributed by atoms with Crippen molar-refractivity contribution in [2.24, 2.45) is 0 Å². The van der Waals surface area contributed by atoms with Crippen LogP contribution in [0, 0.1) is 0 Å². The number of amides is 1. The van der Waals surface area contributed by atoms with Gasteiger partial charge in [0.15, 0.2) is 0 Å². The summed E-state index contributed by atoms with van der Waals surface area (Å²) in [6, 6.07) is 8.02. The van der Waals surface area contributed by atoms with Gasteiger partial charge < -0.3 is 0 Å². The van der Waals surface area contributed by atoms with Crippen LogP contribution in [0.1, 0.15) is 19.8 Å². The zero-order chi connectivity index (χ0) is 10.7. The van der Waals surface area contributed by atoms with Gasteiger partial charge in [-0.15, -0.1) is 0 Å². The van der Waals surface area contributed by atoms with Crippen LogP contribution in [0.2, 0.25) is 0 Å². The van der Waals surface area contributed by atoms with Crippen molar-refractivity contribution in [3.05, 3.63) is 24.3 Å². The maximum absolute atomic E-state index is 11.4. The van der Waals surface area contributed by atoms with Crippen LogP contribution in [0.4, 0.5) is 4.69 Å². The summed E-state index contributed by atoms with van der Waals surface area (Å²) in [6.07, 6.45) is 1.45. The van der Waals surface area contributed by atoms with E-state index < -0.39 is 0 Å². The Morgan fingerprint density at radius 2 is 2.27 bits per heavy atom. The van der Waals surface area contributed by atoms with E-state index in [-0.39, 0.29) is 20.4 Å². The van der Waals surface area contributed by atoms with Gasteiger partial charge in [0.25, 0.3) is 0 Å². The monoisotopic (exact) mass is 268 g/mol. The third kappa shape index (κ3) is 2.46. The molecular formula is C11H12N2OSe. The molecule has 1 amide bonds. The van der Waals surface area contributed by atoms with E-state index in [0.29, 0.717) is 6.42 Å². The van der Waals surface area contributed by atoms with Gasteiger partial charge in [0.05, 0.1) is 0 Å². The molecule has 0 aliphatic heterocycles. The third-order valence-corrected chi connectivity index (χ3v) is 4.01. The zero-order valence-corrected chi connectivity index (χ0v) is 10.2. The van der Waals surface area contributed by atoms with E-state index in [1.54, 1.807) is 0 Å².